The highest BCUT2D eigenvalue weighted by atomic mass is 31.2. The monoisotopic (exact) mass is 1110 g/mol. The van der Waals surface area contributed by atoms with Gasteiger partial charge in [-0.05, 0) is 83.5 Å². The van der Waals surface area contributed by atoms with E-state index in [1.54, 1.807) is 6.08 Å². The van der Waals surface area contributed by atoms with E-state index in [9.17, 15) is 19.4 Å². The number of nitrogens with zero attached hydrogens (tertiary/aromatic N) is 1. The summed E-state index contributed by atoms with van der Waals surface area (Å²) in [5.41, 5.74) is 0. The van der Waals surface area contributed by atoms with E-state index in [1.165, 1.54) is 154 Å². The molecule has 0 heterocycles. The van der Waals surface area contributed by atoms with E-state index in [0.29, 0.717) is 17.4 Å². The fourth-order valence-corrected chi connectivity index (χ4v) is 9.74. The van der Waals surface area contributed by atoms with Crippen LogP contribution in [-0.2, 0) is 18.4 Å². The summed E-state index contributed by atoms with van der Waals surface area (Å²) in [7, 11) is 1.56. The zero-order valence-electron chi connectivity index (χ0n) is 51.4. The standard InChI is InChI=1S/C69H123N2O6P/c1-6-8-10-12-14-16-18-20-22-24-26-28-29-30-31-32-33-34-35-36-37-38-39-40-41-43-45-47-49-51-53-55-57-59-61-63-69(73)70-67(66-77-78(74,75)76-65-64-71(3,4)5)68(72)62-60-58-56-54-52-50-48-46-44-42-27-25-23-21-19-17-15-13-11-9-7-2/h8,10,14,16,20,22,26,28,30-31,33-34,36-37,39-40,60,62,67-68,72H,6-7,9,11-13,15,17-19,21,23-25,27,29,32,35,38,41-59,61,63-66H2,1-5H3,(H-,70,73,74,75)/p+1/b10-8-,16-14-,22-20-,28-26-,31-30-,34-33-,37-36-,40-39-,62-60+. The number of unbranched alkanes of at least 4 members (excludes halogenated alkanes) is 29. The Labute approximate surface area is 482 Å². The number of allylic oxidation sites excluding steroid dienone is 17. The predicted molar refractivity (Wildman–Crippen MR) is 341 cm³/mol. The minimum Gasteiger partial charge on any atom is -0.387 e. The average molecular weight is 1110 g/mol. The number of rotatable bonds is 58. The second kappa shape index (κ2) is 58.8. The molecular formula is C69H124N2O6P+. The Bertz CT molecular complexity index is 1640. The summed E-state index contributed by atoms with van der Waals surface area (Å²) >= 11 is 0. The molecule has 1 amide bonds. The highest BCUT2D eigenvalue weighted by molar-refractivity contribution is 7.47. The van der Waals surface area contributed by atoms with E-state index in [4.69, 9.17) is 9.05 Å². The maximum Gasteiger partial charge on any atom is 0.472 e. The topological polar surface area (TPSA) is 105 Å². The summed E-state index contributed by atoms with van der Waals surface area (Å²) in [6.45, 7) is 4.71. The SMILES string of the molecule is CC/C=C\C/C=C\C/C=C\C/C=C\C/C=C\C/C=C\C/C=C\C/C=C\CCCCCCCCCCCCC(=O)NC(COP(=O)(O)OCC[N+](C)(C)C)C(O)/C=C/CCCCCCCCCCCCCCCCCCCCC. The van der Waals surface area contributed by atoms with Crippen molar-refractivity contribution in [2.45, 2.75) is 283 Å². The van der Waals surface area contributed by atoms with Gasteiger partial charge in [-0.1, -0.05) is 290 Å². The van der Waals surface area contributed by atoms with Crippen molar-refractivity contribution in [3.8, 4) is 0 Å². The normalized spacial score (nSPS) is 14.5. The van der Waals surface area contributed by atoms with Crippen LogP contribution in [0.3, 0.4) is 0 Å². The molecule has 0 saturated carbocycles. The van der Waals surface area contributed by atoms with Crippen molar-refractivity contribution in [1.29, 1.82) is 0 Å². The van der Waals surface area contributed by atoms with E-state index in [0.717, 1.165) is 96.3 Å². The molecule has 0 aromatic rings. The molecule has 9 heteroatoms. The van der Waals surface area contributed by atoms with Crippen LogP contribution in [0.15, 0.2) is 109 Å². The van der Waals surface area contributed by atoms with Crippen LogP contribution in [0.4, 0.5) is 0 Å². The quantitative estimate of drug-likeness (QED) is 0.0243. The summed E-state index contributed by atoms with van der Waals surface area (Å²) in [4.78, 5) is 23.4. The molecular weight excluding hydrogens is 984 g/mol. The summed E-state index contributed by atoms with van der Waals surface area (Å²) in [6, 6.07) is -0.857. The van der Waals surface area contributed by atoms with Crippen LogP contribution in [0.1, 0.15) is 271 Å². The smallest absolute Gasteiger partial charge is 0.387 e. The first-order chi connectivity index (χ1) is 38.0. The minimum atomic E-state index is -4.36. The van der Waals surface area contributed by atoms with Gasteiger partial charge in [-0.3, -0.25) is 13.8 Å². The third-order valence-electron chi connectivity index (χ3n) is 14.0. The van der Waals surface area contributed by atoms with Crippen molar-refractivity contribution < 1.29 is 32.9 Å². The maximum absolute atomic E-state index is 13.0. The maximum atomic E-state index is 13.0. The Kier molecular flexibility index (Phi) is 56.7. The second-order valence-corrected chi connectivity index (χ2v) is 24.2. The van der Waals surface area contributed by atoms with Crippen LogP contribution in [0.5, 0.6) is 0 Å². The van der Waals surface area contributed by atoms with Gasteiger partial charge >= 0.3 is 7.82 Å². The van der Waals surface area contributed by atoms with E-state index in [-0.39, 0.29) is 19.1 Å². The Hall–Kier alpha value is -2.84. The number of carbonyl (C=O) groups excluding carboxylic acids is 1. The molecule has 3 atom stereocenters. The van der Waals surface area contributed by atoms with Gasteiger partial charge in [0, 0.05) is 6.42 Å². The number of hydrogen-bond acceptors (Lipinski definition) is 5. The Morgan fingerprint density at radius 2 is 0.769 bits per heavy atom. The first kappa shape index (κ1) is 75.2. The van der Waals surface area contributed by atoms with E-state index in [1.807, 2.05) is 27.2 Å². The van der Waals surface area contributed by atoms with Gasteiger partial charge in [0.15, 0.2) is 0 Å². The number of phosphoric acid groups is 1. The molecule has 3 unspecified atom stereocenters. The molecule has 0 saturated heterocycles. The number of quaternary nitrogens is 1. The zero-order chi connectivity index (χ0) is 57.0. The van der Waals surface area contributed by atoms with Crippen LogP contribution in [0.2, 0.25) is 0 Å². The molecule has 0 aliphatic rings. The lowest BCUT2D eigenvalue weighted by Gasteiger charge is -2.25. The summed E-state index contributed by atoms with van der Waals surface area (Å²) in [5, 5.41) is 14.0. The number of likely N-dealkylation sites (N-methyl/N-ethyl adjacent to an activating group) is 1. The number of nitrogens with one attached hydrogen (secondary N) is 1. The van der Waals surface area contributed by atoms with Gasteiger partial charge in [0.05, 0.1) is 39.9 Å². The molecule has 0 aromatic carbocycles. The van der Waals surface area contributed by atoms with E-state index < -0.39 is 20.0 Å². The molecule has 8 nitrogen and oxygen atoms in total. The molecule has 0 radical (unpaired) electrons. The number of amides is 1. The highest BCUT2D eigenvalue weighted by Crippen LogP contribution is 2.43. The fraction of sp³-hybridized carbons (Fsp3) is 0.725. The lowest BCUT2D eigenvalue weighted by molar-refractivity contribution is -0.870. The van der Waals surface area contributed by atoms with Gasteiger partial charge in [-0.15, -0.1) is 0 Å². The molecule has 78 heavy (non-hydrogen) atoms. The number of carbonyl (C=O) groups is 1. The predicted octanol–water partition coefficient (Wildman–Crippen LogP) is 20.3. The van der Waals surface area contributed by atoms with Crippen molar-refractivity contribution in [3.63, 3.8) is 0 Å². The van der Waals surface area contributed by atoms with Crippen molar-refractivity contribution in [1.82, 2.24) is 5.32 Å². The Morgan fingerprint density at radius 3 is 1.13 bits per heavy atom. The van der Waals surface area contributed by atoms with Crippen molar-refractivity contribution in [2.24, 2.45) is 0 Å². The third kappa shape index (κ3) is 60.8. The summed E-state index contributed by atoms with van der Waals surface area (Å²) < 4.78 is 23.8. The number of phosphoric ester groups is 1. The van der Waals surface area contributed by atoms with Crippen molar-refractivity contribution in [3.05, 3.63) is 109 Å². The van der Waals surface area contributed by atoms with E-state index >= 15 is 0 Å². The number of hydrogen-bond donors (Lipinski definition) is 3. The van der Waals surface area contributed by atoms with Gasteiger partial charge in [0.1, 0.15) is 13.2 Å². The molecule has 0 fully saturated rings. The zero-order valence-corrected chi connectivity index (χ0v) is 52.3. The average Bonchev–Trinajstić information content (AvgIpc) is 3.41. The second-order valence-electron chi connectivity index (χ2n) is 22.8. The number of aliphatic hydroxyl groups excluding tert-OH is 1. The molecule has 0 bridgehead atoms. The first-order valence-corrected chi connectivity index (χ1v) is 33.8. The minimum absolute atomic E-state index is 0.0564. The summed E-state index contributed by atoms with van der Waals surface area (Å²) in [6.07, 6.45) is 86.3. The van der Waals surface area contributed by atoms with Gasteiger partial charge in [-0.25, -0.2) is 4.57 Å². The fourth-order valence-electron chi connectivity index (χ4n) is 9.00. The van der Waals surface area contributed by atoms with Crippen LogP contribution < -0.4 is 5.32 Å². The third-order valence-corrected chi connectivity index (χ3v) is 15.0. The molecule has 450 valence electrons. The van der Waals surface area contributed by atoms with Gasteiger partial charge < -0.3 is 19.8 Å². The summed E-state index contributed by atoms with van der Waals surface area (Å²) in [5.74, 6) is -0.184. The molecule has 0 rings (SSSR count). The molecule has 0 aliphatic carbocycles. The molecule has 3 N–H and O–H groups in total. The van der Waals surface area contributed by atoms with Crippen molar-refractivity contribution >= 4 is 13.7 Å². The molecule has 0 aliphatic heterocycles. The molecule has 0 aromatic heterocycles. The van der Waals surface area contributed by atoms with Gasteiger partial charge in [-0.2, -0.15) is 0 Å². The van der Waals surface area contributed by atoms with Gasteiger partial charge in [0.25, 0.3) is 0 Å². The first-order valence-electron chi connectivity index (χ1n) is 32.3. The molecule has 0 spiro atoms. The largest absolute Gasteiger partial charge is 0.472 e. The van der Waals surface area contributed by atoms with Crippen LogP contribution in [-0.4, -0.2) is 73.4 Å². The van der Waals surface area contributed by atoms with Crippen LogP contribution in [0, 0.1) is 0 Å². The van der Waals surface area contributed by atoms with Crippen LogP contribution >= 0.6 is 7.82 Å². The van der Waals surface area contributed by atoms with Gasteiger partial charge in [0.2, 0.25) is 5.91 Å². The lowest BCUT2D eigenvalue weighted by atomic mass is 10.0. The van der Waals surface area contributed by atoms with Crippen LogP contribution in [0.25, 0.3) is 0 Å². The Morgan fingerprint density at radius 1 is 0.449 bits per heavy atom. The number of aliphatic hydroxyl groups is 1. The van der Waals surface area contributed by atoms with Crippen molar-refractivity contribution in [2.75, 3.05) is 40.9 Å². The highest BCUT2D eigenvalue weighted by Gasteiger charge is 2.27. The Balaban J connectivity index is 4.16. The lowest BCUT2D eigenvalue weighted by Crippen LogP contribution is -2.45. The van der Waals surface area contributed by atoms with E-state index in [2.05, 4.69) is 116 Å².